The third kappa shape index (κ3) is 6.18. The van der Waals surface area contributed by atoms with E-state index in [2.05, 4.69) is 119 Å². The molecule has 2 aromatic carbocycles. The van der Waals surface area contributed by atoms with Crippen LogP contribution < -0.4 is 20.1 Å². The van der Waals surface area contributed by atoms with Gasteiger partial charge in [0.15, 0.2) is 0 Å². The second-order valence-electron chi connectivity index (χ2n) is 12.5. The van der Waals surface area contributed by atoms with Crippen LogP contribution in [0.1, 0.15) is 70.7 Å². The van der Waals surface area contributed by atoms with E-state index in [0.717, 1.165) is 11.5 Å². The van der Waals surface area contributed by atoms with Crippen LogP contribution in [0.4, 0.5) is 0 Å². The smallest absolute Gasteiger partial charge is 0.124 e. The number of hydrogen-bond acceptors (Lipinski definition) is 2. The fraction of sp³-hybridized carbons (Fsp3) is 0.515. The summed E-state index contributed by atoms with van der Waals surface area (Å²) in [5.41, 5.74) is 7.33. The molecule has 0 aliphatic heterocycles. The zero-order valence-corrected chi connectivity index (χ0v) is 27.2. The Balaban J connectivity index is 2.22. The molecule has 1 aliphatic carbocycles. The van der Waals surface area contributed by atoms with E-state index in [-0.39, 0.29) is 18.2 Å². The van der Waals surface area contributed by atoms with Gasteiger partial charge in [0.1, 0.15) is 11.5 Å². The molecule has 0 saturated heterocycles. The number of ether oxygens (including phenoxy) is 2. The molecule has 0 bridgehead atoms. The molecule has 2 atom stereocenters. The second kappa shape index (κ2) is 11.2. The first-order chi connectivity index (χ1) is 17.1. The molecule has 0 radical (unpaired) electrons. The third-order valence-corrected chi connectivity index (χ3v) is 14.0. The summed E-state index contributed by atoms with van der Waals surface area (Å²) in [5, 5.41) is 3.37. The highest BCUT2D eigenvalue weighted by atomic mass is 31.1. The van der Waals surface area contributed by atoms with Crippen molar-refractivity contribution in [2.75, 3.05) is 14.2 Å². The van der Waals surface area contributed by atoms with Crippen LogP contribution >= 0.6 is 15.8 Å². The standard InChI is InChI=1S/C33H48O2P2/c1-21-17-26(18-22(2)30(21)34-12)36(27-19-23(3)31(35-13)24(4)20-27)29-16-14-15-28(29)25(5)37(32(6,7)8)33(9,10)11/h14-20,25,29H,1-13H3/t25-,29?/m0/s1. The minimum atomic E-state index is -0.676. The van der Waals surface area contributed by atoms with Crippen molar-refractivity contribution < 1.29 is 9.47 Å². The van der Waals surface area contributed by atoms with Gasteiger partial charge in [-0.05, 0) is 109 Å². The summed E-state index contributed by atoms with van der Waals surface area (Å²) in [6, 6.07) is 9.49. The average Bonchev–Trinajstić information content (AvgIpc) is 3.21. The molecule has 0 N–H and O–H groups in total. The van der Waals surface area contributed by atoms with Crippen molar-refractivity contribution in [1.82, 2.24) is 0 Å². The van der Waals surface area contributed by atoms with Gasteiger partial charge in [-0.25, -0.2) is 0 Å². The van der Waals surface area contributed by atoms with Gasteiger partial charge < -0.3 is 9.47 Å². The Hall–Kier alpha value is -1.62. The van der Waals surface area contributed by atoms with Crippen molar-refractivity contribution in [3.05, 3.63) is 70.3 Å². The van der Waals surface area contributed by atoms with Crippen molar-refractivity contribution in [2.45, 2.75) is 97.8 Å². The van der Waals surface area contributed by atoms with E-state index in [1.165, 1.54) is 32.9 Å². The quantitative estimate of drug-likeness (QED) is 0.328. The van der Waals surface area contributed by atoms with Gasteiger partial charge in [-0.15, -0.1) is 0 Å². The molecule has 2 aromatic rings. The number of methoxy groups -OCH3 is 2. The van der Waals surface area contributed by atoms with Crippen LogP contribution in [-0.2, 0) is 0 Å². The Labute approximate surface area is 229 Å². The van der Waals surface area contributed by atoms with Crippen LogP contribution in [-0.4, -0.2) is 35.8 Å². The predicted octanol–water partition coefficient (Wildman–Crippen LogP) is 8.70. The molecular formula is C33H48O2P2. The van der Waals surface area contributed by atoms with E-state index in [1.807, 2.05) is 0 Å². The fourth-order valence-electron chi connectivity index (χ4n) is 6.67. The van der Waals surface area contributed by atoms with Crippen molar-refractivity contribution in [3.8, 4) is 11.5 Å². The highest BCUT2D eigenvalue weighted by Crippen LogP contribution is 2.65. The first kappa shape index (κ1) is 29.9. The molecule has 202 valence electrons. The van der Waals surface area contributed by atoms with E-state index in [4.69, 9.17) is 9.47 Å². The first-order valence-electron chi connectivity index (χ1n) is 13.4. The van der Waals surface area contributed by atoms with Gasteiger partial charge >= 0.3 is 0 Å². The highest BCUT2D eigenvalue weighted by molar-refractivity contribution is 7.74. The molecule has 1 aliphatic rings. The largest absolute Gasteiger partial charge is 0.496 e. The van der Waals surface area contributed by atoms with Gasteiger partial charge in [-0.3, -0.25) is 0 Å². The monoisotopic (exact) mass is 538 g/mol. The Morgan fingerprint density at radius 1 is 0.703 bits per heavy atom. The van der Waals surface area contributed by atoms with Crippen LogP contribution in [0, 0.1) is 27.7 Å². The zero-order chi connectivity index (χ0) is 27.9. The lowest BCUT2D eigenvalue weighted by Gasteiger charge is -2.47. The normalized spacial score (nSPS) is 16.9. The van der Waals surface area contributed by atoms with Gasteiger partial charge in [0.2, 0.25) is 0 Å². The van der Waals surface area contributed by atoms with Crippen molar-refractivity contribution in [3.63, 3.8) is 0 Å². The lowest BCUT2D eigenvalue weighted by molar-refractivity contribution is 0.408. The summed E-state index contributed by atoms with van der Waals surface area (Å²) in [6.45, 7) is 25.8. The van der Waals surface area contributed by atoms with E-state index in [9.17, 15) is 0 Å². The van der Waals surface area contributed by atoms with Crippen molar-refractivity contribution in [2.24, 2.45) is 0 Å². The van der Waals surface area contributed by atoms with Gasteiger partial charge in [0.05, 0.1) is 14.2 Å². The zero-order valence-electron chi connectivity index (χ0n) is 25.4. The molecule has 0 aromatic heterocycles. The maximum Gasteiger partial charge on any atom is 0.124 e. The fourth-order valence-corrected chi connectivity index (χ4v) is 14.8. The molecule has 37 heavy (non-hydrogen) atoms. The summed E-state index contributed by atoms with van der Waals surface area (Å²) in [6.07, 6.45) is 7.22. The topological polar surface area (TPSA) is 18.5 Å². The lowest BCUT2D eigenvalue weighted by atomic mass is 10.1. The number of benzene rings is 2. The van der Waals surface area contributed by atoms with Crippen LogP contribution in [0.3, 0.4) is 0 Å². The lowest BCUT2D eigenvalue weighted by Crippen LogP contribution is -2.33. The second-order valence-corrected chi connectivity index (χ2v) is 19.0. The number of aryl methyl sites for hydroxylation is 4. The van der Waals surface area contributed by atoms with E-state index < -0.39 is 7.92 Å². The van der Waals surface area contributed by atoms with Gasteiger partial charge in [-0.2, -0.15) is 0 Å². The maximum atomic E-state index is 5.74. The van der Waals surface area contributed by atoms with Gasteiger partial charge in [-0.1, -0.05) is 80.2 Å². The molecule has 0 spiro atoms. The van der Waals surface area contributed by atoms with Crippen LogP contribution in [0.15, 0.2) is 48.1 Å². The summed E-state index contributed by atoms with van der Waals surface area (Å²) in [5.74, 6) is 1.99. The Morgan fingerprint density at radius 3 is 1.41 bits per heavy atom. The van der Waals surface area contributed by atoms with E-state index >= 15 is 0 Å². The summed E-state index contributed by atoms with van der Waals surface area (Å²) in [7, 11) is 2.59. The molecule has 3 rings (SSSR count). The summed E-state index contributed by atoms with van der Waals surface area (Å²) < 4.78 is 11.5. The molecule has 0 fully saturated rings. The van der Waals surface area contributed by atoms with Crippen molar-refractivity contribution in [1.29, 1.82) is 0 Å². The maximum absolute atomic E-state index is 5.74. The molecular weight excluding hydrogens is 490 g/mol. The molecule has 4 heteroatoms. The minimum Gasteiger partial charge on any atom is -0.496 e. The first-order valence-corrected chi connectivity index (χ1v) is 16.2. The van der Waals surface area contributed by atoms with Crippen LogP contribution in [0.25, 0.3) is 0 Å². The highest BCUT2D eigenvalue weighted by Gasteiger charge is 2.42. The molecule has 1 unspecified atom stereocenters. The number of hydrogen-bond donors (Lipinski definition) is 0. The third-order valence-electron chi connectivity index (χ3n) is 7.37. The van der Waals surface area contributed by atoms with E-state index in [1.54, 1.807) is 19.8 Å². The van der Waals surface area contributed by atoms with Gasteiger partial charge in [0.25, 0.3) is 0 Å². The predicted molar refractivity (Wildman–Crippen MR) is 168 cm³/mol. The van der Waals surface area contributed by atoms with Gasteiger partial charge in [0, 0.05) is 5.66 Å². The Morgan fingerprint density at radius 2 is 1.08 bits per heavy atom. The molecule has 2 nitrogen and oxygen atoms in total. The Kier molecular flexibility index (Phi) is 9.09. The summed E-state index contributed by atoms with van der Waals surface area (Å²) in [4.78, 5) is 0. The Bertz CT molecular complexity index is 1070. The number of rotatable bonds is 7. The molecule has 0 saturated carbocycles. The average molecular weight is 539 g/mol. The van der Waals surface area contributed by atoms with Crippen LogP contribution in [0.2, 0.25) is 0 Å². The number of allylic oxidation sites excluding steroid dienone is 4. The van der Waals surface area contributed by atoms with E-state index in [0.29, 0.717) is 11.3 Å². The SMILES string of the molecule is COc1c(C)cc(P(c2cc(C)c(OC)c(C)c2)C2C=CC=C2[C@H](C)P(C(C)(C)C)C(C)(C)C)cc1C. The van der Waals surface area contributed by atoms with Crippen LogP contribution in [0.5, 0.6) is 11.5 Å². The molecule has 0 amide bonds. The summed E-state index contributed by atoms with van der Waals surface area (Å²) >= 11 is 0. The molecule has 0 heterocycles. The minimum absolute atomic E-state index is 0.268. The van der Waals surface area contributed by atoms with Crippen molar-refractivity contribution >= 4 is 26.5 Å².